The van der Waals surface area contributed by atoms with Gasteiger partial charge in [0.25, 0.3) is 0 Å². The lowest BCUT2D eigenvalue weighted by Gasteiger charge is -2.36. The highest BCUT2D eigenvalue weighted by molar-refractivity contribution is 7.99. The quantitative estimate of drug-likeness (QED) is 0.432. The van der Waals surface area contributed by atoms with Gasteiger partial charge >= 0.3 is 0 Å². The summed E-state index contributed by atoms with van der Waals surface area (Å²) in [5, 5.41) is 3.61. The number of methoxy groups -OCH3 is 1. The smallest absolute Gasteiger partial charge is 0.234 e. The number of aromatic nitrogens is 2. The first-order valence-corrected chi connectivity index (χ1v) is 11.2. The number of carbonyl (C=O) groups excluding carboxylic acids is 1. The Morgan fingerprint density at radius 3 is 2.56 bits per heavy atom. The normalized spacial score (nSPS) is 13.7. The Hall–Kier alpha value is -3.33. The van der Waals surface area contributed by atoms with Gasteiger partial charge in [0.1, 0.15) is 28.7 Å². The molecule has 9 heteroatoms. The van der Waals surface area contributed by atoms with Crippen molar-refractivity contribution in [3.05, 3.63) is 66.7 Å². The summed E-state index contributed by atoms with van der Waals surface area (Å²) in [7, 11) is 1.59. The highest BCUT2D eigenvalue weighted by Gasteiger charge is 2.19. The number of ether oxygens (including phenoxy) is 1. The van der Waals surface area contributed by atoms with Gasteiger partial charge in [-0.2, -0.15) is 0 Å². The molecule has 2 heterocycles. The van der Waals surface area contributed by atoms with Crippen LogP contribution in [-0.4, -0.2) is 54.9 Å². The van der Waals surface area contributed by atoms with Crippen LogP contribution in [0.5, 0.6) is 5.75 Å². The van der Waals surface area contributed by atoms with Crippen molar-refractivity contribution < 1.29 is 13.9 Å². The van der Waals surface area contributed by atoms with Crippen LogP contribution in [0, 0.1) is 5.82 Å². The summed E-state index contributed by atoms with van der Waals surface area (Å²) in [6.45, 7) is 3.24. The maximum absolute atomic E-state index is 13.2. The summed E-state index contributed by atoms with van der Waals surface area (Å²) in [6, 6.07) is 15.7. The maximum Gasteiger partial charge on any atom is 0.234 e. The third kappa shape index (κ3) is 5.67. The molecule has 32 heavy (non-hydrogen) atoms. The number of nitrogens with zero attached hydrogens (tertiary/aromatic N) is 4. The summed E-state index contributed by atoms with van der Waals surface area (Å²) >= 11 is 1.37. The minimum Gasteiger partial charge on any atom is -0.497 e. The van der Waals surface area contributed by atoms with Crippen LogP contribution in [0.15, 0.2) is 66.0 Å². The van der Waals surface area contributed by atoms with Crippen molar-refractivity contribution in [1.82, 2.24) is 9.97 Å². The van der Waals surface area contributed by atoms with E-state index in [0.717, 1.165) is 42.7 Å². The van der Waals surface area contributed by atoms with Crippen LogP contribution in [0.2, 0.25) is 0 Å². The molecule has 0 bridgehead atoms. The standard InChI is InChI=1S/C23H24FN5O2S/c1-31-20-4-2-3-18(13-20)27-22(30)15-32-23-14-21(25-16-26-23)29-11-9-28(10-12-29)19-7-5-17(24)6-8-19/h2-8,13-14,16H,9-12,15H2,1H3,(H,27,30). The first kappa shape index (κ1) is 21.9. The molecule has 2 aromatic carbocycles. The predicted octanol–water partition coefficient (Wildman–Crippen LogP) is 3.68. The molecular formula is C23H24FN5O2S. The van der Waals surface area contributed by atoms with Crippen LogP contribution in [0.1, 0.15) is 0 Å². The zero-order valence-electron chi connectivity index (χ0n) is 17.7. The number of benzene rings is 2. The van der Waals surface area contributed by atoms with Crippen LogP contribution in [0.3, 0.4) is 0 Å². The Bertz CT molecular complexity index is 1060. The molecule has 0 atom stereocenters. The van der Waals surface area contributed by atoms with Gasteiger partial charge in [0.05, 0.1) is 12.9 Å². The number of hydrogen-bond donors (Lipinski definition) is 1. The average Bonchev–Trinajstić information content (AvgIpc) is 2.84. The topological polar surface area (TPSA) is 70.6 Å². The van der Waals surface area contributed by atoms with Gasteiger partial charge < -0.3 is 19.9 Å². The van der Waals surface area contributed by atoms with Crippen molar-refractivity contribution in [2.75, 3.05) is 54.2 Å². The van der Waals surface area contributed by atoms with Crippen molar-refractivity contribution in [1.29, 1.82) is 0 Å². The van der Waals surface area contributed by atoms with Crippen LogP contribution < -0.4 is 19.9 Å². The Labute approximate surface area is 190 Å². The van der Waals surface area contributed by atoms with Crippen LogP contribution >= 0.6 is 11.8 Å². The second kappa shape index (κ2) is 10.3. The van der Waals surface area contributed by atoms with Gasteiger partial charge in [-0.15, -0.1) is 0 Å². The third-order valence-electron chi connectivity index (χ3n) is 5.13. The van der Waals surface area contributed by atoms with E-state index in [1.807, 2.05) is 24.3 Å². The Morgan fingerprint density at radius 2 is 1.81 bits per heavy atom. The van der Waals surface area contributed by atoms with Crippen molar-refractivity contribution in [2.24, 2.45) is 0 Å². The summed E-state index contributed by atoms with van der Waals surface area (Å²) in [6.07, 6.45) is 1.53. The molecule has 1 fully saturated rings. The van der Waals surface area contributed by atoms with Gasteiger partial charge in [-0.3, -0.25) is 4.79 Å². The molecule has 0 radical (unpaired) electrons. The molecule has 7 nitrogen and oxygen atoms in total. The fourth-order valence-electron chi connectivity index (χ4n) is 3.46. The second-order valence-electron chi connectivity index (χ2n) is 7.23. The molecule has 1 aromatic heterocycles. The molecule has 0 saturated carbocycles. The fraction of sp³-hybridized carbons (Fsp3) is 0.261. The zero-order chi connectivity index (χ0) is 22.3. The average molecular weight is 454 g/mol. The van der Waals surface area contributed by atoms with Crippen molar-refractivity contribution in [2.45, 2.75) is 5.03 Å². The van der Waals surface area contributed by atoms with E-state index in [-0.39, 0.29) is 17.5 Å². The highest BCUT2D eigenvalue weighted by Crippen LogP contribution is 2.23. The largest absolute Gasteiger partial charge is 0.497 e. The van der Waals surface area contributed by atoms with Gasteiger partial charge in [-0.1, -0.05) is 17.8 Å². The van der Waals surface area contributed by atoms with Crippen LogP contribution in [-0.2, 0) is 4.79 Å². The number of thioether (sulfide) groups is 1. The molecule has 1 saturated heterocycles. The number of anilines is 3. The van der Waals surface area contributed by atoms with Crippen molar-refractivity contribution >= 4 is 34.9 Å². The molecule has 3 aromatic rings. The Balaban J connectivity index is 1.29. The van der Waals surface area contributed by atoms with Crippen LogP contribution in [0.25, 0.3) is 0 Å². The zero-order valence-corrected chi connectivity index (χ0v) is 18.5. The lowest BCUT2D eigenvalue weighted by molar-refractivity contribution is -0.113. The van der Waals surface area contributed by atoms with Gasteiger partial charge in [0.2, 0.25) is 5.91 Å². The Kier molecular flexibility index (Phi) is 7.06. The summed E-state index contributed by atoms with van der Waals surface area (Å²) in [4.78, 5) is 25.4. The van der Waals surface area contributed by atoms with Crippen LogP contribution in [0.4, 0.5) is 21.6 Å². The number of hydrogen-bond acceptors (Lipinski definition) is 7. The van der Waals surface area contributed by atoms with E-state index in [2.05, 4.69) is 25.1 Å². The molecule has 1 amide bonds. The monoisotopic (exact) mass is 453 g/mol. The highest BCUT2D eigenvalue weighted by atomic mass is 32.2. The number of carbonyl (C=O) groups is 1. The molecular weight excluding hydrogens is 429 g/mol. The first-order valence-electron chi connectivity index (χ1n) is 10.2. The van der Waals surface area contributed by atoms with E-state index in [0.29, 0.717) is 11.4 Å². The van der Waals surface area contributed by atoms with Gasteiger partial charge in [0, 0.05) is 49.7 Å². The molecule has 0 unspecified atom stereocenters. The van der Waals surface area contributed by atoms with Gasteiger partial charge in [-0.05, 0) is 36.4 Å². The lowest BCUT2D eigenvalue weighted by atomic mass is 10.2. The van der Waals surface area contributed by atoms with E-state index in [9.17, 15) is 9.18 Å². The molecule has 1 aliphatic heterocycles. The number of piperazine rings is 1. The van der Waals surface area contributed by atoms with E-state index < -0.39 is 0 Å². The lowest BCUT2D eigenvalue weighted by Crippen LogP contribution is -2.46. The minimum absolute atomic E-state index is 0.115. The molecule has 0 spiro atoms. The molecule has 0 aliphatic carbocycles. The SMILES string of the molecule is COc1cccc(NC(=O)CSc2cc(N3CCN(c4ccc(F)cc4)CC3)ncn2)c1. The number of amides is 1. The Morgan fingerprint density at radius 1 is 1.06 bits per heavy atom. The summed E-state index contributed by atoms with van der Waals surface area (Å²) < 4.78 is 18.3. The van der Waals surface area contributed by atoms with Gasteiger partial charge in [-0.25, -0.2) is 14.4 Å². The summed E-state index contributed by atoms with van der Waals surface area (Å²) in [5.74, 6) is 1.43. The maximum atomic E-state index is 13.2. The molecule has 4 rings (SSSR count). The minimum atomic E-state index is -0.226. The molecule has 1 aliphatic rings. The fourth-order valence-corrected chi connectivity index (χ4v) is 4.13. The number of nitrogens with one attached hydrogen (secondary N) is 1. The van der Waals surface area contributed by atoms with E-state index >= 15 is 0 Å². The number of rotatable bonds is 7. The number of halogens is 1. The van der Waals surface area contributed by atoms with E-state index in [4.69, 9.17) is 4.74 Å². The van der Waals surface area contributed by atoms with Crippen molar-refractivity contribution in [3.8, 4) is 5.75 Å². The molecule has 166 valence electrons. The predicted molar refractivity (Wildman–Crippen MR) is 125 cm³/mol. The van der Waals surface area contributed by atoms with Gasteiger partial charge in [0.15, 0.2) is 0 Å². The van der Waals surface area contributed by atoms with E-state index in [1.165, 1.54) is 30.2 Å². The molecule has 1 N–H and O–H groups in total. The van der Waals surface area contributed by atoms with Crippen molar-refractivity contribution in [3.63, 3.8) is 0 Å². The van der Waals surface area contributed by atoms with E-state index in [1.54, 1.807) is 25.3 Å². The second-order valence-corrected chi connectivity index (χ2v) is 8.23. The third-order valence-corrected chi connectivity index (χ3v) is 6.05. The summed E-state index contributed by atoms with van der Waals surface area (Å²) in [5.41, 5.74) is 1.71. The first-order chi connectivity index (χ1) is 15.6.